The van der Waals surface area contributed by atoms with Crippen LogP contribution >= 0.6 is 0 Å². The smallest absolute Gasteiger partial charge is 0.242 e. The van der Waals surface area contributed by atoms with Crippen molar-refractivity contribution < 1.29 is 9.59 Å². The monoisotopic (exact) mass is 387 g/mol. The van der Waals surface area contributed by atoms with Crippen LogP contribution in [-0.4, -0.2) is 52.4 Å². The molecular weight excluding hydrogens is 362 g/mol. The van der Waals surface area contributed by atoms with Crippen LogP contribution in [-0.2, 0) is 16.1 Å². The van der Waals surface area contributed by atoms with E-state index in [2.05, 4.69) is 18.2 Å². The third kappa shape index (κ3) is 3.53. The summed E-state index contributed by atoms with van der Waals surface area (Å²) in [6.07, 6.45) is 2.92. The molecule has 2 fully saturated rings. The molecular formula is C24H25N3O2. The number of piperazine rings is 1. The molecule has 5 heteroatoms. The van der Waals surface area contributed by atoms with E-state index in [1.165, 1.54) is 5.56 Å². The Morgan fingerprint density at radius 2 is 1.52 bits per heavy atom. The van der Waals surface area contributed by atoms with Gasteiger partial charge < -0.3 is 14.4 Å². The van der Waals surface area contributed by atoms with E-state index < -0.39 is 0 Å². The van der Waals surface area contributed by atoms with Crippen LogP contribution in [0.5, 0.6) is 0 Å². The largest absolute Gasteiger partial charge is 0.339 e. The fraction of sp³-hybridized carbons (Fsp3) is 0.333. The summed E-state index contributed by atoms with van der Waals surface area (Å²) in [4.78, 5) is 29.4. The second-order valence-electron chi connectivity index (χ2n) is 8.07. The Hall–Kier alpha value is -3.08. The molecule has 1 saturated heterocycles. The number of carbonyl (C=O) groups excluding carboxylic acids is 2. The first-order chi connectivity index (χ1) is 14.2. The standard InChI is InChI=1S/C24H25N3O2/c28-23(17-27-11-10-19-8-4-5-9-22(19)27)25-12-14-26(15-13-25)24(29)21-16-20(21)18-6-2-1-3-7-18/h1-11,20-21H,12-17H2/t20-,21+/m0/s1. The van der Waals surface area contributed by atoms with E-state index in [1.807, 2.05) is 63.0 Å². The molecule has 2 heterocycles. The number of hydrogen-bond donors (Lipinski definition) is 0. The van der Waals surface area contributed by atoms with Crippen molar-refractivity contribution in [1.29, 1.82) is 0 Å². The minimum Gasteiger partial charge on any atom is -0.339 e. The number of aromatic nitrogens is 1. The lowest BCUT2D eigenvalue weighted by atomic mass is 10.1. The van der Waals surface area contributed by atoms with Crippen molar-refractivity contribution >= 4 is 22.7 Å². The van der Waals surface area contributed by atoms with Gasteiger partial charge in [-0.25, -0.2) is 0 Å². The van der Waals surface area contributed by atoms with Crippen molar-refractivity contribution in [3.63, 3.8) is 0 Å². The maximum Gasteiger partial charge on any atom is 0.242 e. The predicted octanol–water partition coefficient (Wildman–Crippen LogP) is 3.12. The first-order valence-corrected chi connectivity index (χ1v) is 10.4. The molecule has 0 spiro atoms. The zero-order valence-corrected chi connectivity index (χ0v) is 16.4. The van der Waals surface area contributed by atoms with Gasteiger partial charge in [-0.2, -0.15) is 0 Å². The molecule has 1 aliphatic carbocycles. The van der Waals surface area contributed by atoms with Crippen LogP contribution < -0.4 is 0 Å². The van der Waals surface area contributed by atoms with Crippen LogP contribution in [0.25, 0.3) is 10.9 Å². The van der Waals surface area contributed by atoms with Crippen LogP contribution in [0, 0.1) is 5.92 Å². The quantitative estimate of drug-likeness (QED) is 0.691. The molecule has 2 amide bonds. The topological polar surface area (TPSA) is 45.6 Å². The van der Waals surface area contributed by atoms with Crippen LogP contribution in [0.1, 0.15) is 17.9 Å². The molecule has 1 saturated carbocycles. The third-order valence-corrected chi connectivity index (χ3v) is 6.27. The van der Waals surface area contributed by atoms with E-state index in [-0.39, 0.29) is 17.7 Å². The van der Waals surface area contributed by atoms with Crippen molar-refractivity contribution in [3.8, 4) is 0 Å². The average Bonchev–Trinajstić information content (AvgIpc) is 3.49. The molecule has 2 atom stereocenters. The molecule has 0 N–H and O–H groups in total. The summed E-state index contributed by atoms with van der Waals surface area (Å²) in [5.74, 6) is 0.852. The summed E-state index contributed by atoms with van der Waals surface area (Å²) in [5.41, 5.74) is 2.34. The number of carbonyl (C=O) groups is 2. The molecule has 2 aliphatic rings. The molecule has 2 aromatic carbocycles. The maximum atomic E-state index is 12.8. The Labute approximate surface area is 170 Å². The van der Waals surface area contributed by atoms with E-state index >= 15 is 0 Å². The molecule has 5 rings (SSSR count). The van der Waals surface area contributed by atoms with E-state index in [9.17, 15) is 9.59 Å². The maximum absolute atomic E-state index is 12.8. The summed E-state index contributed by atoms with van der Waals surface area (Å²) >= 11 is 0. The first-order valence-electron chi connectivity index (χ1n) is 10.4. The van der Waals surface area contributed by atoms with Gasteiger partial charge in [-0.05, 0) is 35.4 Å². The Kier molecular flexibility index (Phi) is 4.58. The van der Waals surface area contributed by atoms with E-state index in [4.69, 9.17) is 0 Å². The average molecular weight is 387 g/mol. The lowest BCUT2D eigenvalue weighted by Crippen LogP contribution is -2.51. The van der Waals surface area contributed by atoms with Gasteiger partial charge in [-0.3, -0.25) is 9.59 Å². The lowest BCUT2D eigenvalue weighted by Gasteiger charge is -2.35. The van der Waals surface area contributed by atoms with Crippen molar-refractivity contribution in [1.82, 2.24) is 14.4 Å². The molecule has 29 heavy (non-hydrogen) atoms. The molecule has 1 aromatic heterocycles. The zero-order valence-electron chi connectivity index (χ0n) is 16.4. The molecule has 3 aromatic rings. The van der Waals surface area contributed by atoms with Gasteiger partial charge in [0.2, 0.25) is 11.8 Å². The van der Waals surface area contributed by atoms with Crippen LogP contribution in [0.2, 0.25) is 0 Å². The third-order valence-electron chi connectivity index (χ3n) is 6.27. The van der Waals surface area contributed by atoms with Crippen LogP contribution in [0.4, 0.5) is 0 Å². The second-order valence-corrected chi connectivity index (χ2v) is 8.07. The van der Waals surface area contributed by atoms with E-state index in [1.54, 1.807) is 0 Å². The fourth-order valence-corrected chi connectivity index (χ4v) is 4.47. The fourth-order valence-electron chi connectivity index (χ4n) is 4.47. The molecule has 5 nitrogen and oxygen atoms in total. The number of amides is 2. The summed E-state index contributed by atoms with van der Waals surface area (Å²) in [6, 6.07) is 20.4. The van der Waals surface area contributed by atoms with Gasteiger partial charge in [0.25, 0.3) is 0 Å². The number of rotatable bonds is 4. The Morgan fingerprint density at radius 3 is 2.31 bits per heavy atom. The Morgan fingerprint density at radius 1 is 0.828 bits per heavy atom. The van der Waals surface area contributed by atoms with E-state index in [0.717, 1.165) is 17.3 Å². The zero-order chi connectivity index (χ0) is 19.8. The van der Waals surface area contributed by atoms with Gasteiger partial charge in [0.05, 0.1) is 0 Å². The number of hydrogen-bond acceptors (Lipinski definition) is 2. The number of fused-ring (bicyclic) bond motifs is 1. The lowest BCUT2D eigenvalue weighted by molar-refractivity contribution is -0.140. The Bertz CT molecular complexity index is 1030. The summed E-state index contributed by atoms with van der Waals surface area (Å²) in [6.45, 7) is 2.85. The molecule has 0 bridgehead atoms. The normalized spacial score (nSPS) is 21.4. The summed E-state index contributed by atoms with van der Waals surface area (Å²) < 4.78 is 2.00. The van der Waals surface area contributed by atoms with Crippen LogP contribution in [0.15, 0.2) is 66.9 Å². The highest BCUT2D eigenvalue weighted by Crippen LogP contribution is 2.48. The SMILES string of the molecule is O=C(Cn1ccc2ccccc21)N1CCN(C(=O)[C@@H]2C[C@H]2c2ccccc2)CC1. The van der Waals surface area contributed by atoms with Gasteiger partial charge in [-0.15, -0.1) is 0 Å². The highest BCUT2D eigenvalue weighted by atomic mass is 16.2. The summed E-state index contributed by atoms with van der Waals surface area (Å²) in [7, 11) is 0. The Balaban J connectivity index is 1.15. The minimum atomic E-state index is 0.117. The molecule has 148 valence electrons. The van der Waals surface area contributed by atoms with Crippen molar-refractivity contribution in [3.05, 3.63) is 72.4 Å². The van der Waals surface area contributed by atoms with E-state index in [0.29, 0.717) is 38.6 Å². The predicted molar refractivity (Wildman–Crippen MR) is 112 cm³/mol. The molecule has 0 radical (unpaired) electrons. The first kappa shape index (κ1) is 18.0. The van der Waals surface area contributed by atoms with Crippen molar-refractivity contribution in [2.45, 2.75) is 18.9 Å². The highest BCUT2D eigenvalue weighted by Gasteiger charge is 2.46. The van der Waals surface area contributed by atoms with Crippen molar-refractivity contribution in [2.24, 2.45) is 5.92 Å². The van der Waals surface area contributed by atoms with Gasteiger partial charge in [0.15, 0.2) is 0 Å². The number of nitrogens with zero attached hydrogens (tertiary/aromatic N) is 3. The number of para-hydroxylation sites is 1. The van der Waals surface area contributed by atoms with Gasteiger partial charge in [0.1, 0.15) is 6.54 Å². The highest BCUT2D eigenvalue weighted by molar-refractivity contribution is 5.85. The molecule has 1 aliphatic heterocycles. The van der Waals surface area contributed by atoms with Crippen molar-refractivity contribution in [2.75, 3.05) is 26.2 Å². The molecule has 0 unspecified atom stereocenters. The minimum absolute atomic E-state index is 0.117. The summed E-state index contributed by atoms with van der Waals surface area (Å²) in [5, 5.41) is 1.15. The van der Waals surface area contributed by atoms with Crippen LogP contribution in [0.3, 0.4) is 0 Å². The van der Waals surface area contributed by atoms with Gasteiger partial charge in [0, 0.05) is 43.8 Å². The second kappa shape index (κ2) is 7.39. The number of benzene rings is 2. The van der Waals surface area contributed by atoms with Gasteiger partial charge >= 0.3 is 0 Å². The van der Waals surface area contributed by atoms with Gasteiger partial charge in [-0.1, -0.05) is 48.5 Å².